The largest absolute Gasteiger partial charge is 0.493 e. The minimum absolute atomic E-state index is 0.685. The summed E-state index contributed by atoms with van der Waals surface area (Å²) in [4.78, 5) is 11.6. The second-order valence-corrected chi connectivity index (χ2v) is 4.43. The lowest BCUT2D eigenvalue weighted by Crippen LogP contribution is -1.91. The van der Waals surface area contributed by atoms with Crippen LogP contribution < -0.4 is 9.47 Å². The SMILES string of the molecule is COc1ccc(-c2[nH]cnc2-c2ccncc2)cc1OC. The van der Waals surface area contributed by atoms with Crippen molar-refractivity contribution in [2.75, 3.05) is 14.2 Å². The van der Waals surface area contributed by atoms with E-state index < -0.39 is 0 Å². The Labute approximate surface area is 122 Å². The molecule has 1 aromatic carbocycles. The maximum Gasteiger partial charge on any atom is 0.161 e. The molecular weight excluding hydrogens is 266 g/mol. The number of hydrogen-bond donors (Lipinski definition) is 1. The highest BCUT2D eigenvalue weighted by molar-refractivity contribution is 5.78. The Balaban J connectivity index is 2.08. The molecule has 0 fully saturated rings. The molecule has 0 aliphatic heterocycles. The van der Waals surface area contributed by atoms with Crippen molar-refractivity contribution in [3.05, 3.63) is 49.1 Å². The van der Waals surface area contributed by atoms with Crippen molar-refractivity contribution in [3.63, 3.8) is 0 Å². The fourth-order valence-electron chi connectivity index (χ4n) is 2.23. The van der Waals surface area contributed by atoms with Crippen molar-refractivity contribution in [2.24, 2.45) is 0 Å². The van der Waals surface area contributed by atoms with Gasteiger partial charge in [-0.15, -0.1) is 0 Å². The van der Waals surface area contributed by atoms with Crippen LogP contribution in [0.2, 0.25) is 0 Å². The van der Waals surface area contributed by atoms with E-state index >= 15 is 0 Å². The van der Waals surface area contributed by atoms with Crippen LogP contribution in [-0.2, 0) is 0 Å². The lowest BCUT2D eigenvalue weighted by atomic mass is 10.1. The van der Waals surface area contributed by atoms with Gasteiger partial charge in [0.05, 0.1) is 31.9 Å². The van der Waals surface area contributed by atoms with Gasteiger partial charge in [-0.3, -0.25) is 4.98 Å². The lowest BCUT2D eigenvalue weighted by Gasteiger charge is -2.09. The standard InChI is InChI=1S/C16H15N3O2/c1-20-13-4-3-12(9-14(13)21-2)16-15(18-10-19-16)11-5-7-17-8-6-11/h3-10H,1-2H3,(H,18,19). The highest BCUT2D eigenvalue weighted by Crippen LogP contribution is 2.35. The second kappa shape index (κ2) is 5.66. The van der Waals surface area contributed by atoms with Gasteiger partial charge in [0.2, 0.25) is 0 Å². The third-order valence-corrected chi connectivity index (χ3v) is 3.27. The first-order valence-corrected chi connectivity index (χ1v) is 6.49. The molecular formula is C16H15N3O2. The monoisotopic (exact) mass is 281 g/mol. The Morgan fingerprint density at radius 2 is 1.67 bits per heavy atom. The first-order chi connectivity index (χ1) is 10.3. The molecule has 3 rings (SSSR count). The number of pyridine rings is 1. The van der Waals surface area contributed by atoms with Crippen LogP contribution in [0.25, 0.3) is 22.5 Å². The van der Waals surface area contributed by atoms with Crippen LogP contribution >= 0.6 is 0 Å². The number of ether oxygens (including phenoxy) is 2. The summed E-state index contributed by atoms with van der Waals surface area (Å²) in [6, 6.07) is 9.64. The van der Waals surface area contributed by atoms with E-state index in [0.29, 0.717) is 11.5 Å². The molecule has 0 amide bonds. The summed E-state index contributed by atoms with van der Waals surface area (Å²) >= 11 is 0. The van der Waals surface area contributed by atoms with E-state index in [-0.39, 0.29) is 0 Å². The van der Waals surface area contributed by atoms with Crippen molar-refractivity contribution in [3.8, 4) is 34.0 Å². The highest BCUT2D eigenvalue weighted by Gasteiger charge is 2.13. The first kappa shape index (κ1) is 13.2. The maximum absolute atomic E-state index is 5.35. The van der Waals surface area contributed by atoms with E-state index in [4.69, 9.17) is 9.47 Å². The van der Waals surface area contributed by atoms with Crippen LogP contribution in [0.5, 0.6) is 11.5 Å². The van der Waals surface area contributed by atoms with Crippen molar-refractivity contribution in [1.29, 1.82) is 0 Å². The van der Waals surface area contributed by atoms with Crippen molar-refractivity contribution in [1.82, 2.24) is 15.0 Å². The first-order valence-electron chi connectivity index (χ1n) is 6.49. The van der Waals surface area contributed by atoms with Crippen LogP contribution in [0.1, 0.15) is 0 Å². The smallest absolute Gasteiger partial charge is 0.161 e. The number of aromatic nitrogens is 3. The zero-order valence-corrected chi connectivity index (χ0v) is 11.8. The number of hydrogen-bond acceptors (Lipinski definition) is 4. The third-order valence-electron chi connectivity index (χ3n) is 3.27. The quantitative estimate of drug-likeness (QED) is 0.798. The predicted molar refractivity (Wildman–Crippen MR) is 80.4 cm³/mol. The van der Waals surface area contributed by atoms with Gasteiger partial charge in [0.25, 0.3) is 0 Å². The number of rotatable bonds is 4. The van der Waals surface area contributed by atoms with Gasteiger partial charge in [-0.05, 0) is 30.3 Å². The van der Waals surface area contributed by atoms with E-state index in [0.717, 1.165) is 22.5 Å². The Kier molecular flexibility index (Phi) is 3.55. The molecule has 0 spiro atoms. The van der Waals surface area contributed by atoms with E-state index in [1.165, 1.54) is 0 Å². The number of aromatic amines is 1. The molecule has 0 atom stereocenters. The summed E-state index contributed by atoms with van der Waals surface area (Å²) in [6.45, 7) is 0. The zero-order valence-electron chi connectivity index (χ0n) is 11.8. The average Bonchev–Trinajstić information content (AvgIpc) is 3.04. The second-order valence-electron chi connectivity index (χ2n) is 4.43. The van der Waals surface area contributed by atoms with E-state index in [1.54, 1.807) is 32.9 Å². The normalized spacial score (nSPS) is 10.4. The van der Waals surface area contributed by atoms with Crippen molar-refractivity contribution >= 4 is 0 Å². The minimum atomic E-state index is 0.685. The van der Waals surface area contributed by atoms with Gasteiger partial charge >= 0.3 is 0 Å². The molecule has 5 heteroatoms. The van der Waals surface area contributed by atoms with E-state index in [1.807, 2.05) is 30.3 Å². The topological polar surface area (TPSA) is 60.0 Å². The van der Waals surface area contributed by atoms with Crippen LogP contribution in [0.4, 0.5) is 0 Å². The summed E-state index contributed by atoms with van der Waals surface area (Å²) in [5.41, 5.74) is 3.81. The Morgan fingerprint density at radius 1 is 0.905 bits per heavy atom. The molecule has 0 saturated carbocycles. The van der Waals surface area contributed by atoms with Gasteiger partial charge in [-0.25, -0.2) is 4.98 Å². The lowest BCUT2D eigenvalue weighted by molar-refractivity contribution is 0.355. The van der Waals surface area contributed by atoms with Crippen LogP contribution in [0.3, 0.4) is 0 Å². The molecule has 1 N–H and O–H groups in total. The van der Waals surface area contributed by atoms with Crippen LogP contribution in [0, 0.1) is 0 Å². The summed E-state index contributed by atoms with van der Waals surface area (Å²) in [5, 5.41) is 0. The van der Waals surface area contributed by atoms with Gasteiger partial charge in [0.15, 0.2) is 11.5 Å². The fraction of sp³-hybridized carbons (Fsp3) is 0.125. The molecule has 0 bridgehead atoms. The Morgan fingerprint density at radius 3 is 2.38 bits per heavy atom. The highest BCUT2D eigenvalue weighted by atomic mass is 16.5. The van der Waals surface area contributed by atoms with Crippen molar-refractivity contribution in [2.45, 2.75) is 0 Å². The van der Waals surface area contributed by atoms with Crippen LogP contribution in [0.15, 0.2) is 49.1 Å². The van der Waals surface area contributed by atoms with Gasteiger partial charge < -0.3 is 14.5 Å². The number of benzene rings is 1. The van der Waals surface area contributed by atoms with Gasteiger partial charge in [0, 0.05) is 23.5 Å². The number of methoxy groups -OCH3 is 2. The Bertz CT molecular complexity index is 738. The van der Waals surface area contributed by atoms with E-state index in [9.17, 15) is 0 Å². The predicted octanol–water partition coefficient (Wildman–Crippen LogP) is 3.16. The van der Waals surface area contributed by atoms with Gasteiger partial charge in [0.1, 0.15) is 0 Å². The summed E-state index contributed by atoms with van der Waals surface area (Å²) in [7, 11) is 3.24. The number of imidazole rings is 1. The number of H-pyrrole nitrogens is 1. The minimum Gasteiger partial charge on any atom is -0.493 e. The van der Waals surface area contributed by atoms with Crippen LogP contribution in [-0.4, -0.2) is 29.2 Å². The molecule has 0 unspecified atom stereocenters. The Hall–Kier alpha value is -2.82. The molecule has 5 nitrogen and oxygen atoms in total. The maximum atomic E-state index is 5.35. The number of nitrogens with one attached hydrogen (secondary N) is 1. The molecule has 2 heterocycles. The summed E-state index contributed by atoms with van der Waals surface area (Å²) in [6.07, 6.45) is 5.19. The van der Waals surface area contributed by atoms with Gasteiger partial charge in [-0.1, -0.05) is 0 Å². The molecule has 21 heavy (non-hydrogen) atoms. The summed E-state index contributed by atoms with van der Waals surface area (Å²) in [5.74, 6) is 1.39. The zero-order chi connectivity index (χ0) is 14.7. The average molecular weight is 281 g/mol. The molecule has 0 saturated heterocycles. The third kappa shape index (κ3) is 2.45. The molecule has 2 aromatic heterocycles. The fourth-order valence-corrected chi connectivity index (χ4v) is 2.23. The molecule has 0 aliphatic rings. The van der Waals surface area contributed by atoms with Crippen molar-refractivity contribution < 1.29 is 9.47 Å². The number of nitrogens with zero attached hydrogens (tertiary/aromatic N) is 2. The molecule has 0 aliphatic carbocycles. The molecule has 106 valence electrons. The molecule has 3 aromatic rings. The van der Waals surface area contributed by atoms with E-state index in [2.05, 4.69) is 15.0 Å². The summed E-state index contributed by atoms with van der Waals surface area (Å²) < 4.78 is 10.6. The molecule has 0 radical (unpaired) electrons. The van der Waals surface area contributed by atoms with Gasteiger partial charge in [-0.2, -0.15) is 0 Å².